The highest BCUT2D eigenvalue weighted by atomic mass is 79.9. The zero-order valence-electron chi connectivity index (χ0n) is 6.46. The van der Waals surface area contributed by atoms with Gasteiger partial charge in [0.1, 0.15) is 5.01 Å². The fraction of sp³-hybridized carbons (Fsp3) is 0.333. The van der Waals surface area contributed by atoms with Crippen molar-refractivity contribution in [3.63, 3.8) is 0 Å². The lowest BCUT2D eigenvalue weighted by Gasteiger charge is -2.08. The molecule has 0 aliphatic rings. The van der Waals surface area contributed by atoms with Gasteiger partial charge in [-0.05, 0) is 12.5 Å². The summed E-state index contributed by atoms with van der Waals surface area (Å²) >= 11 is 3.42. The lowest BCUT2D eigenvalue weighted by atomic mass is 10.2. The van der Waals surface area contributed by atoms with Crippen molar-refractivity contribution in [3.05, 3.63) is 35.9 Å². The summed E-state index contributed by atoms with van der Waals surface area (Å²) in [4.78, 5) is 0. The number of hydrogen-bond donors (Lipinski definition) is 0. The van der Waals surface area contributed by atoms with E-state index in [1.54, 1.807) is 0 Å². The minimum atomic E-state index is 0.0358. The molecule has 2 heteroatoms. The molecule has 1 aromatic carbocycles. The maximum atomic E-state index is 5.34. The lowest BCUT2D eigenvalue weighted by molar-refractivity contribution is 0.131. The molecule has 0 aliphatic heterocycles. The van der Waals surface area contributed by atoms with Crippen LogP contribution in [0, 0.1) is 0 Å². The Labute approximate surface area is 75.5 Å². The molecule has 0 heterocycles. The van der Waals surface area contributed by atoms with Crippen molar-refractivity contribution in [2.75, 3.05) is 6.61 Å². The fourth-order valence-electron chi connectivity index (χ4n) is 0.847. The summed E-state index contributed by atoms with van der Waals surface area (Å²) in [5.74, 6) is 0. The molecule has 1 nitrogen and oxygen atoms in total. The zero-order chi connectivity index (χ0) is 8.10. The molecule has 1 rings (SSSR count). The minimum Gasteiger partial charge on any atom is -0.362 e. The van der Waals surface area contributed by atoms with Gasteiger partial charge in [-0.2, -0.15) is 0 Å². The Balaban J connectivity index is 2.61. The summed E-state index contributed by atoms with van der Waals surface area (Å²) in [7, 11) is 0. The highest BCUT2D eigenvalue weighted by molar-refractivity contribution is 9.09. The summed E-state index contributed by atoms with van der Waals surface area (Å²) < 4.78 is 5.34. The van der Waals surface area contributed by atoms with Gasteiger partial charge in [0.25, 0.3) is 0 Å². The van der Waals surface area contributed by atoms with Crippen LogP contribution in [0.5, 0.6) is 0 Å². The van der Waals surface area contributed by atoms with Gasteiger partial charge in [-0.25, -0.2) is 0 Å². The van der Waals surface area contributed by atoms with E-state index >= 15 is 0 Å². The second-order valence-corrected chi connectivity index (χ2v) is 3.01. The predicted molar refractivity (Wildman–Crippen MR) is 49.7 cm³/mol. The summed E-state index contributed by atoms with van der Waals surface area (Å²) in [5, 5.41) is 0.0358. The Morgan fingerprint density at radius 3 is 2.55 bits per heavy atom. The zero-order valence-corrected chi connectivity index (χ0v) is 8.04. The fourth-order valence-corrected chi connectivity index (χ4v) is 1.42. The molecular formula is C9H11BrO. The highest BCUT2D eigenvalue weighted by Crippen LogP contribution is 2.22. The van der Waals surface area contributed by atoms with E-state index in [0.717, 1.165) is 12.2 Å². The van der Waals surface area contributed by atoms with Crippen LogP contribution in [0.15, 0.2) is 30.3 Å². The molecule has 1 atom stereocenters. The van der Waals surface area contributed by atoms with Crippen molar-refractivity contribution in [1.82, 2.24) is 0 Å². The molecule has 0 aliphatic carbocycles. The monoisotopic (exact) mass is 214 g/mol. The SMILES string of the molecule is CCOC(Br)c1ccccc1. The third kappa shape index (κ3) is 2.64. The van der Waals surface area contributed by atoms with E-state index in [1.165, 1.54) is 0 Å². The molecule has 0 saturated heterocycles. The first-order chi connectivity index (χ1) is 5.34. The Morgan fingerprint density at radius 2 is 2.00 bits per heavy atom. The first kappa shape index (κ1) is 8.75. The van der Waals surface area contributed by atoms with Gasteiger partial charge in [0.2, 0.25) is 0 Å². The second-order valence-electron chi connectivity index (χ2n) is 2.18. The third-order valence-corrected chi connectivity index (χ3v) is 2.17. The number of alkyl halides is 1. The van der Waals surface area contributed by atoms with E-state index in [4.69, 9.17) is 4.74 Å². The van der Waals surface area contributed by atoms with Crippen molar-refractivity contribution < 1.29 is 4.74 Å². The topological polar surface area (TPSA) is 9.23 Å². The number of hydrogen-bond acceptors (Lipinski definition) is 1. The van der Waals surface area contributed by atoms with Crippen molar-refractivity contribution in [3.8, 4) is 0 Å². The van der Waals surface area contributed by atoms with E-state index in [2.05, 4.69) is 15.9 Å². The van der Waals surface area contributed by atoms with Crippen LogP contribution in [0.1, 0.15) is 17.5 Å². The first-order valence-corrected chi connectivity index (χ1v) is 4.56. The minimum absolute atomic E-state index is 0.0358. The van der Waals surface area contributed by atoms with Crippen LogP contribution < -0.4 is 0 Å². The van der Waals surface area contributed by atoms with E-state index in [1.807, 2.05) is 37.3 Å². The highest BCUT2D eigenvalue weighted by Gasteiger charge is 2.03. The third-order valence-electron chi connectivity index (χ3n) is 1.37. The molecule has 1 unspecified atom stereocenters. The maximum Gasteiger partial charge on any atom is 0.137 e. The van der Waals surface area contributed by atoms with Crippen LogP contribution in [0.4, 0.5) is 0 Å². The molecule has 0 bridgehead atoms. The van der Waals surface area contributed by atoms with Gasteiger partial charge >= 0.3 is 0 Å². The van der Waals surface area contributed by atoms with Crippen molar-refractivity contribution >= 4 is 15.9 Å². The van der Waals surface area contributed by atoms with E-state index < -0.39 is 0 Å². The quantitative estimate of drug-likeness (QED) is 0.704. The van der Waals surface area contributed by atoms with Gasteiger partial charge in [-0.1, -0.05) is 46.3 Å². The summed E-state index contributed by atoms with van der Waals surface area (Å²) in [6.07, 6.45) is 0. The second kappa shape index (κ2) is 4.52. The normalized spacial score (nSPS) is 12.9. The van der Waals surface area contributed by atoms with Gasteiger partial charge < -0.3 is 4.74 Å². The van der Waals surface area contributed by atoms with Gasteiger partial charge in [0.05, 0.1) is 0 Å². The number of halogens is 1. The van der Waals surface area contributed by atoms with Gasteiger partial charge in [-0.15, -0.1) is 0 Å². The lowest BCUT2D eigenvalue weighted by Crippen LogP contribution is -1.94. The molecule has 0 amide bonds. The molecule has 0 N–H and O–H groups in total. The van der Waals surface area contributed by atoms with Crippen LogP contribution in [0.25, 0.3) is 0 Å². The number of rotatable bonds is 3. The van der Waals surface area contributed by atoms with Crippen molar-refractivity contribution in [2.45, 2.75) is 11.9 Å². The Bertz CT molecular complexity index is 198. The summed E-state index contributed by atoms with van der Waals surface area (Å²) in [6.45, 7) is 2.71. The Hall–Kier alpha value is -0.340. The molecular weight excluding hydrogens is 204 g/mol. The van der Waals surface area contributed by atoms with Crippen LogP contribution in [0.2, 0.25) is 0 Å². The van der Waals surface area contributed by atoms with E-state index in [-0.39, 0.29) is 5.01 Å². The van der Waals surface area contributed by atoms with Gasteiger partial charge in [0, 0.05) is 6.61 Å². The van der Waals surface area contributed by atoms with Crippen LogP contribution in [-0.2, 0) is 4.74 Å². The van der Waals surface area contributed by atoms with Crippen LogP contribution in [-0.4, -0.2) is 6.61 Å². The summed E-state index contributed by atoms with van der Waals surface area (Å²) in [6, 6.07) is 10.1. The summed E-state index contributed by atoms with van der Waals surface area (Å²) in [5.41, 5.74) is 1.16. The van der Waals surface area contributed by atoms with Gasteiger partial charge in [-0.3, -0.25) is 0 Å². The molecule has 0 saturated carbocycles. The number of benzene rings is 1. The van der Waals surface area contributed by atoms with Crippen LogP contribution >= 0.6 is 15.9 Å². The molecule has 60 valence electrons. The molecule has 11 heavy (non-hydrogen) atoms. The first-order valence-electron chi connectivity index (χ1n) is 3.65. The molecule has 0 spiro atoms. The molecule has 0 fully saturated rings. The molecule has 1 aromatic rings. The van der Waals surface area contributed by atoms with Crippen molar-refractivity contribution in [1.29, 1.82) is 0 Å². The smallest absolute Gasteiger partial charge is 0.137 e. The average molecular weight is 215 g/mol. The average Bonchev–Trinajstić information content (AvgIpc) is 2.07. The van der Waals surface area contributed by atoms with Crippen molar-refractivity contribution in [2.24, 2.45) is 0 Å². The Morgan fingerprint density at radius 1 is 1.36 bits per heavy atom. The van der Waals surface area contributed by atoms with Gasteiger partial charge in [0.15, 0.2) is 0 Å². The van der Waals surface area contributed by atoms with E-state index in [9.17, 15) is 0 Å². The largest absolute Gasteiger partial charge is 0.362 e. The van der Waals surface area contributed by atoms with Crippen LogP contribution in [0.3, 0.4) is 0 Å². The molecule has 0 aromatic heterocycles. The standard InChI is InChI=1S/C9H11BrO/c1-2-11-9(10)8-6-4-3-5-7-8/h3-7,9H,2H2,1H3. The Kier molecular flexibility index (Phi) is 3.60. The number of ether oxygens (including phenoxy) is 1. The molecule has 0 radical (unpaired) electrons. The maximum absolute atomic E-state index is 5.34. The van der Waals surface area contributed by atoms with E-state index in [0.29, 0.717) is 0 Å². The predicted octanol–water partition coefficient (Wildman–Crippen LogP) is 3.12.